The molecular formula is C10H15NO. The Bertz CT molecular complexity index is 261. The molecule has 12 heavy (non-hydrogen) atoms. The third kappa shape index (κ3) is 1.47. The van der Waals surface area contributed by atoms with Crippen LogP contribution in [0, 0.1) is 0 Å². The van der Waals surface area contributed by atoms with Crippen LogP contribution >= 0.6 is 0 Å². The van der Waals surface area contributed by atoms with Crippen LogP contribution in [0.15, 0.2) is 16.1 Å². The molecule has 0 fully saturated rings. The zero-order chi connectivity index (χ0) is 9.14. The van der Waals surface area contributed by atoms with E-state index in [0.717, 1.165) is 18.5 Å². The fraction of sp³-hybridized carbons (Fsp3) is 0.600. The summed E-state index contributed by atoms with van der Waals surface area (Å²) >= 11 is 0. The number of Topliss-reactive ketones (excluding diaryl/α,β-unsaturated/α-hetero) is 1. The summed E-state index contributed by atoms with van der Waals surface area (Å²) in [5, 5.41) is 0. The first-order valence-corrected chi connectivity index (χ1v) is 4.47. The Kier molecular flexibility index (Phi) is 2.79. The van der Waals surface area contributed by atoms with Gasteiger partial charge in [-0.3, -0.25) is 9.79 Å². The van der Waals surface area contributed by atoms with Crippen molar-refractivity contribution >= 4 is 11.5 Å². The molecule has 0 bridgehead atoms. The molecule has 0 aromatic heterocycles. The van der Waals surface area contributed by atoms with Gasteiger partial charge in [0.15, 0.2) is 5.78 Å². The van der Waals surface area contributed by atoms with E-state index in [1.54, 1.807) is 0 Å². The normalized spacial score (nSPS) is 16.8. The van der Waals surface area contributed by atoms with Crippen molar-refractivity contribution in [2.45, 2.75) is 33.6 Å². The van der Waals surface area contributed by atoms with Crippen LogP contribution in [0.2, 0.25) is 0 Å². The zero-order valence-corrected chi connectivity index (χ0v) is 7.98. The van der Waals surface area contributed by atoms with E-state index in [-0.39, 0.29) is 5.78 Å². The lowest BCUT2D eigenvalue weighted by Crippen LogP contribution is -2.11. The lowest BCUT2D eigenvalue weighted by molar-refractivity contribution is -0.112. The second-order valence-corrected chi connectivity index (χ2v) is 3.02. The Balaban J connectivity index is 2.83. The van der Waals surface area contributed by atoms with Gasteiger partial charge in [0.1, 0.15) is 5.71 Å². The Hall–Kier alpha value is -0.920. The first-order valence-electron chi connectivity index (χ1n) is 4.47. The average Bonchev–Trinajstić information content (AvgIpc) is 2.45. The van der Waals surface area contributed by atoms with Crippen molar-refractivity contribution in [3.8, 4) is 0 Å². The van der Waals surface area contributed by atoms with Gasteiger partial charge < -0.3 is 0 Å². The standard InChI is InChI=1S/C10H15NO/c1-4-8-6-11-10(7(8)3)9(12)5-2/h4-6H2,1-3H3. The zero-order valence-electron chi connectivity index (χ0n) is 7.98. The fourth-order valence-electron chi connectivity index (χ4n) is 1.42. The summed E-state index contributed by atoms with van der Waals surface area (Å²) in [6.45, 7) is 6.72. The van der Waals surface area contributed by atoms with Crippen LogP contribution in [-0.2, 0) is 4.79 Å². The van der Waals surface area contributed by atoms with E-state index in [4.69, 9.17) is 0 Å². The molecule has 2 heteroatoms. The molecule has 1 rings (SSSR count). The lowest BCUT2D eigenvalue weighted by atomic mass is 10.0. The summed E-state index contributed by atoms with van der Waals surface area (Å²) < 4.78 is 0. The van der Waals surface area contributed by atoms with E-state index in [0.29, 0.717) is 12.1 Å². The van der Waals surface area contributed by atoms with Crippen molar-refractivity contribution < 1.29 is 4.79 Å². The molecule has 0 radical (unpaired) electrons. The Morgan fingerprint density at radius 2 is 2.17 bits per heavy atom. The van der Waals surface area contributed by atoms with Crippen LogP contribution in [0.4, 0.5) is 0 Å². The van der Waals surface area contributed by atoms with Crippen LogP contribution in [0.3, 0.4) is 0 Å². The molecule has 0 amide bonds. The highest BCUT2D eigenvalue weighted by atomic mass is 16.1. The minimum absolute atomic E-state index is 0.177. The van der Waals surface area contributed by atoms with Gasteiger partial charge in [-0.1, -0.05) is 13.8 Å². The predicted molar refractivity (Wildman–Crippen MR) is 50.6 cm³/mol. The molecule has 0 N–H and O–H groups in total. The van der Waals surface area contributed by atoms with Gasteiger partial charge in [0.05, 0.1) is 6.54 Å². The van der Waals surface area contributed by atoms with Crippen LogP contribution in [-0.4, -0.2) is 18.0 Å². The second kappa shape index (κ2) is 3.65. The number of rotatable bonds is 3. The SMILES string of the molecule is CCC(=O)C1=NCC(CC)=C1C. The molecule has 0 saturated heterocycles. The van der Waals surface area contributed by atoms with Crippen molar-refractivity contribution in [3.63, 3.8) is 0 Å². The molecule has 66 valence electrons. The Labute approximate surface area is 73.4 Å². The average molecular weight is 165 g/mol. The largest absolute Gasteiger partial charge is 0.292 e. The second-order valence-electron chi connectivity index (χ2n) is 3.02. The van der Waals surface area contributed by atoms with Gasteiger partial charge in [-0.15, -0.1) is 0 Å². The quantitative estimate of drug-likeness (QED) is 0.630. The van der Waals surface area contributed by atoms with Crippen LogP contribution < -0.4 is 0 Å². The Morgan fingerprint density at radius 1 is 1.50 bits per heavy atom. The topological polar surface area (TPSA) is 29.4 Å². The highest BCUT2D eigenvalue weighted by Gasteiger charge is 2.18. The molecule has 1 aliphatic heterocycles. The van der Waals surface area contributed by atoms with Gasteiger partial charge in [-0.25, -0.2) is 0 Å². The van der Waals surface area contributed by atoms with Crippen molar-refractivity contribution in [3.05, 3.63) is 11.1 Å². The van der Waals surface area contributed by atoms with Crippen molar-refractivity contribution in [1.82, 2.24) is 0 Å². The summed E-state index contributed by atoms with van der Waals surface area (Å²) in [4.78, 5) is 15.6. The molecule has 0 aliphatic carbocycles. The number of ketones is 1. The molecule has 1 heterocycles. The highest BCUT2D eigenvalue weighted by molar-refractivity contribution is 6.46. The maximum atomic E-state index is 11.3. The summed E-state index contributed by atoms with van der Waals surface area (Å²) in [7, 11) is 0. The first-order chi connectivity index (χ1) is 5.70. The van der Waals surface area contributed by atoms with Gasteiger partial charge in [0.25, 0.3) is 0 Å². The number of aliphatic imine (C=N–C) groups is 1. The van der Waals surface area contributed by atoms with Crippen LogP contribution in [0.1, 0.15) is 33.6 Å². The van der Waals surface area contributed by atoms with E-state index in [2.05, 4.69) is 11.9 Å². The minimum Gasteiger partial charge on any atom is -0.292 e. The number of hydrogen-bond acceptors (Lipinski definition) is 2. The molecule has 0 aromatic carbocycles. The fourth-order valence-corrected chi connectivity index (χ4v) is 1.42. The summed E-state index contributed by atoms with van der Waals surface area (Å²) in [6.07, 6.45) is 1.57. The lowest BCUT2D eigenvalue weighted by Gasteiger charge is -1.99. The third-order valence-electron chi connectivity index (χ3n) is 2.33. The minimum atomic E-state index is 0.177. The number of carbonyl (C=O) groups excluding carboxylic acids is 1. The monoisotopic (exact) mass is 165 g/mol. The van der Waals surface area contributed by atoms with E-state index in [1.165, 1.54) is 5.57 Å². The first kappa shape index (κ1) is 9.17. The molecule has 0 atom stereocenters. The maximum Gasteiger partial charge on any atom is 0.180 e. The molecule has 0 aromatic rings. The summed E-state index contributed by atoms with van der Waals surface area (Å²) in [6, 6.07) is 0. The number of nitrogens with zero attached hydrogens (tertiary/aromatic N) is 1. The van der Waals surface area contributed by atoms with Gasteiger partial charge in [-0.2, -0.15) is 0 Å². The summed E-state index contributed by atoms with van der Waals surface area (Å²) in [5.74, 6) is 0.177. The van der Waals surface area contributed by atoms with Crippen molar-refractivity contribution in [2.75, 3.05) is 6.54 Å². The summed E-state index contributed by atoms with van der Waals surface area (Å²) in [5.41, 5.74) is 3.14. The van der Waals surface area contributed by atoms with Crippen LogP contribution in [0.5, 0.6) is 0 Å². The highest BCUT2D eigenvalue weighted by Crippen LogP contribution is 2.18. The number of hydrogen-bond donors (Lipinski definition) is 0. The predicted octanol–water partition coefficient (Wildman–Crippen LogP) is 2.15. The maximum absolute atomic E-state index is 11.3. The van der Waals surface area contributed by atoms with Gasteiger partial charge in [0, 0.05) is 6.42 Å². The van der Waals surface area contributed by atoms with E-state index >= 15 is 0 Å². The van der Waals surface area contributed by atoms with Gasteiger partial charge >= 0.3 is 0 Å². The molecule has 1 aliphatic rings. The van der Waals surface area contributed by atoms with Gasteiger partial charge in [-0.05, 0) is 24.5 Å². The van der Waals surface area contributed by atoms with Crippen LogP contribution in [0.25, 0.3) is 0 Å². The van der Waals surface area contributed by atoms with E-state index in [9.17, 15) is 4.79 Å². The molecular weight excluding hydrogens is 150 g/mol. The molecule has 0 spiro atoms. The van der Waals surface area contributed by atoms with Gasteiger partial charge in [0.2, 0.25) is 0 Å². The van der Waals surface area contributed by atoms with Crippen molar-refractivity contribution in [2.24, 2.45) is 4.99 Å². The van der Waals surface area contributed by atoms with Crippen molar-refractivity contribution in [1.29, 1.82) is 0 Å². The van der Waals surface area contributed by atoms with E-state index < -0.39 is 0 Å². The third-order valence-corrected chi connectivity index (χ3v) is 2.33. The molecule has 2 nitrogen and oxygen atoms in total. The molecule has 0 unspecified atom stereocenters. The number of allylic oxidation sites excluding steroid dienone is 1. The number of carbonyl (C=O) groups is 1. The Morgan fingerprint density at radius 3 is 2.58 bits per heavy atom. The smallest absolute Gasteiger partial charge is 0.180 e. The van der Waals surface area contributed by atoms with E-state index in [1.807, 2.05) is 13.8 Å². The molecule has 0 saturated carbocycles.